The standard InChI is InChI=1S/C44H52Br2O2/c1-5-9-11-31(7-3)29-47-37-21-23-39-41(25-37)43(35-17-13-33(27-45)14-18-35)40-24-22-38(48-30-32(8-4)12-10-6-2)26-42(40)44(39)36-19-15-34(28-46)16-20-36/h13-26,31-32H,5-12,27-30H2,1-4H3. The summed E-state index contributed by atoms with van der Waals surface area (Å²) in [6, 6.07) is 31.5. The van der Waals surface area contributed by atoms with E-state index < -0.39 is 0 Å². The molecule has 0 aliphatic heterocycles. The molecule has 5 aromatic carbocycles. The molecular weight excluding hydrogens is 720 g/mol. The van der Waals surface area contributed by atoms with Crippen molar-refractivity contribution >= 4 is 53.4 Å². The van der Waals surface area contributed by atoms with Crippen LogP contribution in [0.4, 0.5) is 0 Å². The maximum absolute atomic E-state index is 6.56. The van der Waals surface area contributed by atoms with Gasteiger partial charge in [0.25, 0.3) is 0 Å². The Morgan fingerprint density at radius 1 is 0.500 bits per heavy atom. The Balaban J connectivity index is 1.70. The fourth-order valence-electron chi connectivity index (χ4n) is 6.73. The SMILES string of the molecule is CCCCC(CC)COc1ccc2c(-c3ccc(CBr)cc3)c3cc(OCC(CC)CCCC)ccc3c(-c3ccc(CBr)cc3)c2c1. The first kappa shape index (κ1) is 36.5. The molecule has 0 bridgehead atoms. The lowest BCUT2D eigenvalue weighted by molar-refractivity contribution is 0.233. The maximum Gasteiger partial charge on any atom is 0.119 e. The molecule has 0 aliphatic rings. The van der Waals surface area contributed by atoms with E-state index in [1.54, 1.807) is 0 Å². The molecule has 5 rings (SSSR count). The first-order valence-corrected chi connectivity index (χ1v) is 20.4. The van der Waals surface area contributed by atoms with E-state index in [9.17, 15) is 0 Å². The smallest absolute Gasteiger partial charge is 0.119 e. The van der Waals surface area contributed by atoms with Gasteiger partial charge in [0.05, 0.1) is 13.2 Å². The summed E-state index contributed by atoms with van der Waals surface area (Å²) in [5.74, 6) is 3.02. The predicted molar refractivity (Wildman–Crippen MR) is 215 cm³/mol. The van der Waals surface area contributed by atoms with Crippen molar-refractivity contribution in [3.05, 3.63) is 96.1 Å². The zero-order valence-corrected chi connectivity index (χ0v) is 32.5. The van der Waals surface area contributed by atoms with E-state index in [4.69, 9.17) is 9.47 Å². The summed E-state index contributed by atoms with van der Waals surface area (Å²) in [4.78, 5) is 0. The van der Waals surface area contributed by atoms with Gasteiger partial charge in [-0.15, -0.1) is 0 Å². The van der Waals surface area contributed by atoms with Crippen molar-refractivity contribution < 1.29 is 9.47 Å². The van der Waals surface area contributed by atoms with Crippen LogP contribution in [0.25, 0.3) is 43.8 Å². The number of rotatable bonds is 18. The van der Waals surface area contributed by atoms with Crippen LogP contribution < -0.4 is 9.47 Å². The quantitative estimate of drug-likeness (QED) is 0.0652. The molecule has 48 heavy (non-hydrogen) atoms. The van der Waals surface area contributed by atoms with Gasteiger partial charge in [0, 0.05) is 10.7 Å². The topological polar surface area (TPSA) is 18.5 Å². The van der Waals surface area contributed by atoms with Crippen LogP contribution in [0.2, 0.25) is 0 Å². The molecule has 0 amide bonds. The zero-order valence-electron chi connectivity index (χ0n) is 29.3. The number of alkyl halides is 2. The van der Waals surface area contributed by atoms with Crippen molar-refractivity contribution in [3.8, 4) is 33.8 Å². The predicted octanol–water partition coefficient (Wildman–Crippen LogP) is 14.3. The normalized spacial score (nSPS) is 12.8. The second-order valence-corrected chi connectivity index (χ2v) is 14.4. The maximum atomic E-state index is 6.56. The van der Waals surface area contributed by atoms with E-state index in [0.29, 0.717) is 11.8 Å². The Morgan fingerprint density at radius 3 is 1.23 bits per heavy atom. The lowest BCUT2D eigenvalue weighted by Gasteiger charge is -2.21. The van der Waals surface area contributed by atoms with Gasteiger partial charge in [0.15, 0.2) is 0 Å². The molecule has 0 spiro atoms. The molecule has 0 saturated carbocycles. The van der Waals surface area contributed by atoms with Crippen LogP contribution in [0.3, 0.4) is 0 Å². The molecule has 4 heteroatoms. The highest BCUT2D eigenvalue weighted by Crippen LogP contribution is 2.46. The summed E-state index contributed by atoms with van der Waals surface area (Å²) in [7, 11) is 0. The average molecular weight is 773 g/mol. The number of benzene rings is 5. The Labute approximate surface area is 305 Å². The third-order valence-corrected chi connectivity index (χ3v) is 11.2. The lowest BCUT2D eigenvalue weighted by atomic mass is 9.85. The molecule has 0 heterocycles. The second kappa shape index (κ2) is 18.3. The molecule has 0 fully saturated rings. The minimum absolute atomic E-state index is 0.574. The van der Waals surface area contributed by atoms with E-state index >= 15 is 0 Å². The minimum Gasteiger partial charge on any atom is -0.493 e. The molecule has 5 aromatic rings. The number of halogens is 2. The lowest BCUT2D eigenvalue weighted by Crippen LogP contribution is -2.11. The van der Waals surface area contributed by atoms with Gasteiger partial charge >= 0.3 is 0 Å². The van der Waals surface area contributed by atoms with Gasteiger partial charge in [-0.25, -0.2) is 0 Å². The summed E-state index contributed by atoms with van der Waals surface area (Å²) in [6.45, 7) is 10.6. The van der Waals surface area contributed by atoms with Gasteiger partial charge in [-0.05, 0) is 104 Å². The number of fused-ring (bicyclic) bond motifs is 2. The van der Waals surface area contributed by atoms with E-state index in [-0.39, 0.29) is 0 Å². The number of ether oxygens (including phenoxy) is 2. The van der Waals surface area contributed by atoms with Crippen LogP contribution in [0, 0.1) is 11.8 Å². The molecule has 2 nitrogen and oxygen atoms in total. The first-order chi connectivity index (χ1) is 23.5. The van der Waals surface area contributed by atoms with E-state index in [1.165, 1.54) is 93.5 Å². The molecule has 0 aromatic heterocycles. The number of hydrogen-bond acceptors (Lipinski definition) is 2. The Bertz CT molecular complexity index is 1610. The van der Waals surface area contributed by atoms with Crippen molar-refractivity contribution in [1.29, 1.82) is 0 Å². The molecule has 2 atom stereocenters. The van der Waals surface area contributed by atoms with Crippen molar-refractivity contribution in [3.63, 3.8) is 0 Å². The molecule has 0 aliphatic carbocycles. The zero-order chi connectivity index (χ0) is 33.9. The average Bonchev–Trinajstić information content (AvgIpc) is 3.14. The van der Waals surface area contributed by atoms with E-state index in [1.807, 2.05) is 0 Å². The Kier molecular flexibility index (Phi) is 13.9. The first-order valence-electron chi connectivity index (χ1n) is 18.1. The second-order valence-electron chi connectivity index (χ2n) is 13.3. The highest BCUT2D eigenvalue weighted by molar-refractivity contribution is 9.08. The van der Waals surface area contributed by atoms with E-state index in [2.05, 4.69) is 144 Å². The molecular formula is C44H52Br2O2. The van der Waals surface area contributed by atoms with Crippen LogP contribution in [0.5, 0.6) is 11.5 Å². The summed E-state index contributed by atoms with van der Waals surface area (Å²) in [5.41, 5.74) is 7.43. The fourth-order valence-corrected chi connectivity index (χ4v) is 7.48. The summed E-state index contributed by atoms with van der Waals surface area (Å²) in [6.07, 6.45) is 9.66. The van der Waals surface area contributed by atoms with Gasteiger partial charge in [-0.2, -0.15) is 0 Å². The van der Waals surface area contributed by atoms with Gasteiger partial charge in [-0.3, -0.25) is 0 Å². The van der Waals surface area contributed by atoms with Crippen molar-refractivity contribution in [2.24, 2.45) is 11.8 Å². The van der Waals surface area contributed by atoms with Gasteiger partial charge in [-0.1, -0.05) is 159 Å². The number of unbranched alkanes of at least 4 members (excludes halogenated alkanes) is 2. The van der Waals surface area contributed by atoms with Crippen molar-refractivity contribution in [1.82, 2.24) is 0 Å². The summed E-state index contributed by atoms with van der Waals surface area (Å²) >= 11 is 7.28. The molecule has 0 saturated heterocycles. The third-order valence-electron chi connectivity index (χ3n) is 9.91. The van der Waals surface area contributed by atoms with Crippen LogP contribution in [0.1, 0.15) is 90.2 Å². The number of hydrogen-bond donors (Lipinski definition) is 0. The monoisotopic (exact) mass is 770 g/mol. The van der Waals surface area contributed by atoms with Gasteiger partial charge in [0.1, 0.15) is 11.5 Å². The minimum atomic E-state index is 0.574. The molecule has 0 N–H and O–H groups in total. The van der Waals surface area contributed by atoms with E-state index in [0.717, 1.165) is 48.2 Å². The highest BCUT2D eigenvalue weighted by atomic mass is 79.9. The molecule has 254 valence electrons. The Hall–Kier alpha value is -2.82. The van der Waals surface area contributed by atoms with Crippen molar-refractivity contribution in [2.45, 2.75) is 89.7 Å². The Morgan fingerprint density at radius 2 is 0.896 bits per heavy atom. The fraction of sp³-hybridized carbons (Fsp3) is 0.409. The van der Waals surface area contributed by atoms with Crippen molar-refractivity contribution in [2.75, 3.05) is 13.2 Å². The van der Waals surface area contributed by atoms with Crippen LogP contribution in [-0.4, -0.2) is 13.2 Å². The summed E-state index contributed by atoms with van der Waals surface area (Å²) < 4.78 is 13.1. The third kappa shape index (κ3) is 8.85. The van der Waals surface area contributed by atoms with Crippen LogP contribution in [-0.2, 0) is 10.7 Å². The van der Waals surface area contributed by atoms with Gasteiger partial charge < -0.3 is 9.47 Å². The summed E-state index contributed by atoms with van der Waals surface area (Å²) in [5, 5.41) is 6.56. The largest absolute Gasteiger partial charge is 0.493 e. The van der Waals surface area contributed by atoms with Crippen LogP contribution >= 0.6 is 31.9 Å². The van der Waals surface area contributed by atoms with Crippen LogP contribution in [0.15, 0.2) is 84.9 Å². The van der Waals surface area contributed by atoms with Gasteiger partial charge in [0.2, 0.25) is 0 Å². The molecule has 2 unspecified atom stereocenters. The molecule has 0 radical (unpaired) electrons. The highest BCUT2D eigenvalue weighted by Gasteiger charge is 2.19.